The fraction of sp³-hybridized carbons (Fsp3) is 0.0857. The summed E-state index contributed by atoms with van der Waals surface area (Å²) in [6, 6.07) is 75.1. The van der Waals surface area contributed by atoms with Crippen LogP contribution in [0.2, 0.25) is 0 Å². The third kappa shape index (κ3) is 8.13. The summed E-state index contributed by atoms with van der Waals surface area (Å²) in [5.74, 6) is -0.646. The highest BCUT2D eigenvalue weighted by molar-refractivity contribution is 6.28. The highest BCUT2D eigenvalue weighted by atomic mass is 19.1. The molecule has 0 heterocycles. The zero-order valence-corrected chi connectivity index (χ0v) is 42.4. The van der Waals surface area contributed by atoms with Crippen LogP contribution >= 0.6 is 0 Å². The number of rotatable bonds is 10. The van der Waals surface area contributed by atoms with Crippen molar-refractivity contribution in [1.29, 1.82) is 0 Å². The normalized spacial score (nSPS) is 11.5. The van der Waals surface area contributed by atoms with Crippen LogP contribution in [0, 0.1) is 53.2 Å². The van der Waals surface area contributed by atoms with E-state index in [1.54, 1.807) is 12.1 Å². The van der Waals surface area contributed by atoms with Crippen LogP contribution in [0.4, 0.5) is 42.9 Å². The van der Waals surface area contributed by atoms with Crippen LogP contribution < -0.4 is 9.80 Å². The number of hydrogen-bond donors (Lipinski definition) is 0. The molecular weight excluding hydrogens is 907 g/mol. The molecule has 0 saturated heterocycles. The summed E-state index contributed by atoms with van der Waals surface area (Å²) in [5.41, 5.74) is 19.4. The van der Waals surface area contributed by atoms with Gasteiger partial charge in [0.15, 0.2) is 0 Å². The van der Waals surface area contributed by atoms with Gasteiger partial charge in [0.05, 0.1) is 22.7 Å². The Morgan fingerprint density at radius 2 is 0.595 bits per heavy atom. The van der Waals surface area contributed by atoms with Crippen LogP contribution in [0.5, 0.6) is 0 Å². The molecule has 4 heteroatoms. The average molecular weight is 961 g/mol. The number of anilines is 6. The highest BCUT2D eigenvalue weighted by Gasteiger charge is 2.26. The van der Waals surface area contributed by atoms with Gasteiger partial charge in [0.1, 0.15) is 11.6 Å². The van der Waals surface area contributed by atoms with E-state index in [0.29, 0.717) is 11.4 Å². The molecule has 12 aromatic rings. The van der Waals surface area contributed by atoms with E-state index >= 15 is 8.78 Å². The summed E-state index contributed by atoms with van der Waals surface area (Å²) in [4.78, 5) is 4.22. The quantitative estimate of drug-likeness (QED) is 0.126. The van der Waals surface area contributed by atoms with Gasteiger partial charge in [-0.25, -0.2) is 8.78 Å². The predicted molar refractivity (Wildman–Crippen MR) is 310 cm³/mol. The second-order valence-electron chi connectivity index (χ2n) is 20.0. The molecule has 0 saturated carbocycles. The van der Waals surface area contributed by atoms with Gasteiger partial charge in [-0.3, -0.25) is 0 Å². The lowest BCUT2D eigenvalue weighted by Gasteiger charge is -2.31. The number of benzene rings is 12. The molecule has 0 aliphatic heterocycles. The minimum absolute atomic E-state index is 0.323. The van der Waals surface area contributed by atoms with Gasteiger partial charge in [-0.2, -0.15) is 0 Å². The smallest absolute Gasteiger partial charge is 0.147 e. The third-order valence-corrected chi connectivity index (χ3v) is 15.0. The molecule has 12 rings (SSSR count). The van der Waals surface area contributed by atoms with Crippen molar-refractivity contribution in [2.24, 2.45) is 0 Å². The summed E-state index contributed by atoms with van der Waals surface area (Å²) in [5, 5.41) is 6.13. The molecule has 0 bridgehead atoms. The molecule has 0 amide bonds. The van der Waals surface area contributed by atoms with Crippen LogP contribution in [0.1, 0.15) is 33.4 Å². The van der Waals surface area contributed by atoms with Gasteiger partial charge in [0.25, 0.3) is 0 Å². The zero-order chi connectivity index (χ0) is 50.8. The molecule has 0 aliphatic rings. The van der Waals surface area contributed by atoms with Crippen LogP contribution in [-0.4, -0.2) is 0 Å². The summed E-state index contributed by atoms with van der Waals surface area (Å²) in [6.07, 6.45) is 0. The largest absolute Gasteiger partial charge is 0.307 e. The highest BCUT2D eigenvalue weighted by Crippen LogP contribution is 2.50. The minimum atomic E-state index is -0.323. The monoisotopic (exact) mass is 960 g/mol. The molecule has 74 heavy (non-hydrogen) atoms. The standard InChI is InChI=1S/C70H54F2N2/c1-43-23-31-63(71)67(35-43)73(55-39-51(57-19-11-7-15-45(57)3)37-52(40-55)58-20-12-8-16-46(58)4)65-33-27-49-26-30-62-66(34-28-50-25-29-61(65)69(49)70(50)62)74(68-36-44(2)24-32-64(68)72)56-41-53(59-21-13-9-17-47(59)5)38-54(42-56)60-22-14-10-18-48(60)6/h7-42H,1-6H3. The summed E-state index contributed by atoms with van der Waals surface area (Å²) in [7, 11) is 0. The number of hydrogen-bond acceptors (Lipinski definition) is 2. The van der Waals surface area contributed by atoms with Crippen molar-refractivity contribution < 1.29 is 8.78 Å². The van der Waals surface area contributed by atoms with Gasteiger partial charge in [0.2, 0.25) is 0 Å². The van der Waals surface area contributed by atoms with E-state index in [1.807, 2.05) is 38.1 Å². The van der Waals surface area contributed by atoms with E-state index in [9.17, 15) is 0 Å². The maximum absolute atomic E-state index is 16.9. The predicted octanol–water partition coefficient (Wildman–Crippen LogP) is 20.3. The molecule has 0 fully saturated rings. The Morgan fingerprint density at radius 1 is 0.284 bits per heavy atom. The van der Waals surface area contributed by atoms with Crippen molar-refractivity contribution in [3.8, 4) is 44.5 Å². The van der Waals surface area contributed by atoms with E-state index in [2.05, 4.69) is 219 Å². The van der Waals surface area contributed by atoms with Gasteiger partial charge in [-0.15, -0.1) is 0 Å². The maximum Gasteiger partial charge on any atom is 0.147 e. The van der Waals surface area contributed by atoms with Gasteiger partial charge in [0, 0.05) is 22.1 Å². The molecule has 0 aromatic heterocycles. The Morgan fingerprint density at radius 3 is 0.919 bits per heavy atom. The third-order valence-electron chi connectivity index (χ3n) is 15.0. The van der Waals surface area contributed by atoms with Crippen LogP contribution in [0.3, 0.4) is 0 Å². The molecule has 0 spiro atoms. The Bertz CT molecular complexity index is 3750. The lowest BCUT2D eigenvalue weighted by molar-refractivity contribution is 0.628. The van der Waals surface area contributed by atoms with E-state index in [-0.39, 0.29) is 11.6 Å². The Hall–Kier alpha value is -8.86. The first-order chi connectivity index (χ1) is 36.0. The Balaban J connectivity index is 1.14. The minimum Gasteiger partial charge on any atom is -0.307 e. The van der Waals surface area contributed by atoms with Crippen molar-refractivity contribution in [2.75, 3.05) is 9.80 Å². The lowest BCUT2D eigenvalue weighted by atomic mass is 9.90. The van der Waals surface area contributed by atoms with Gasteiger partial charge >= 0.3 is 0 Å². The van der Waals surface area contributed by atoms with E-state index < -0.39 is 0 Å². The molecule has 12 aromatic carbocycles. The van der Waals surface area contributed by atoms with Crippen LogP contribution in [-0.2, 0) is 0 Å². The molecular formula is C70H54F2N2. The van der Waals surface area contributed by atoms with Gasteiger partial charge < -0.3 is 9.80 Å². The molecule has 0 radical (unpaired) electrons. The summed E-state index contributed by atoms with van der Waals surface area (Å²) in [6.45, 7) is 12.6. The fourth-order valence-electron chi connectivity index (χ4n) is 11.3. The van der Waals surface area contributed by atoms with Crippen molar-refractivity contribution in [2.45, 2.75) is 41.5 Å². The van der Waals surface area contributed by atoms with Gasteiger partial charge in [-0.1, -0.05) is 146 Å². The summed E-state index contributed by atoms with van der Waals surface area (Å²) >= 11 is 0. The Kier molecular flexibility index (Phi) is 11.6. The van der Waals surface area contributed by atoms with Gasteiger partial charge in [-0.05, 0) is 214 Å². The van der Waals surface area contributed by atoms with E-state index in [1.165, 1.54) is 0 Å². The summed E-state index contributed by atoms with van der Waals surface area (Å²) < 4.78 is 33.9. The molecule has 0 N–H and O–H groups in total. The first-order valence-electron chi connectivity index (χ1n) is 25.4. The maximum atomic E-state index is 16.9. The molecule has 0 aliphatic carbocycles. The van der Waals surface area contributed by atoms with Crippen LogP contribution in [0.25, 0.3) is 76.8 Å². The average Bonchev–Trinajstić information content (AvgIpc) is 3.41. The van der Waals surface area contributed by atoms with E-state index in [4.69, 9.17) is 0 Å². The number of halogens is 2. The van der Waals surface area contributed by atoms with Crippen molar-refractivity contribution in [1.82, 2.24) is 0 Å². The fourth-order valence-corrected chi connectivity index (χ4v) is 11.3. The topological polar surface area (TPSA) is 6.48 Å². The van der Waals surface area contributed by atoms with Crippen molar-refractivity contribution >= 4 is 66.4 Å². The second-order valence-corrected chi connectivity index (χ2v) is 20.0. The van der Waals surface area contributed by atoms with E-state index in [0.717, 1.165) is 133 Å². The van der Waals surface area contributed by atoms with Crippen molar-refractivity contribution in [3.63, 3.8) is 0 Å². The molecule has 358 valence electrons. The molecule has 0 atom stereocenters. The van der Waals surface area contributed by atoms with Crippen LogP contribution in [0.15, 0.2) is 218 Å². The zero-order valence-electron chi connectivity index (χ0n) is 42.4. The number of aryl methyl sites for hydroxylation is 6. The lowest BCUT2D eigenvalue weighted by Crippen LogP contribution is -2.14. The Labute approximate surface area is 432 Å². The second kappa shape index (κ2) is 18.6. The van der Waals surface area contributed by atoms with Crippen molar-refractivity contribution in [3.05, 3.63) is 263 Å². The number of nitrogens with zero attached hydrogens (tertiary/aromatic N) is 2. The molecule has 2 nitrogen and oxygen atoms in total. The molecule has 0 unspecified atom stereocenters. The first kappa shape index (κ1) is 46.2. The first-order valence-corrected chi connectivity index (χ1v) is 25.4. The SMILES string of the molecule is Cc1ccc(F)c(N(c2cc(-c3ccccc3C)cc(-c3ccccc3C)c2)c2ccc3ccc4c(N(c5cc(-c6ccccc6C)cc(-c6ccccc6C)c5)c5cc(C)ccc5F)ccc5ccc2c3c54)c1.